The van der Waals surface area contributed by atoms with Gasteiger partial charge in [0, 0.05) is 13.0 Å². The van der Waals surface area contributed by atoms with Crippen molar-refractivity contribution >= 4 is 11.9 Å². The minimum atomic E-state index is -0.347. The Balaban J connectivity index is 3.71. The minimum Gasteiger partial charge on any atom is -0.469 e. The Morgan fingerprint density at radius 1 is 1.27 bits per heavy atom. The third kappa shape index (κ3) is 6.94. The number of ether oxygens (including phenoxy) is 1. The van der Waals surface area contributed by atoms with E-state index >= 15 is 0 Å². The number of amides is 1. The lowest BCUT2D eigenvalue weighted by molar-refractivity contribution is -0.142. The van der Waals surface area contributed by atoms with E-state index in [1.807, 2.05) is 0 Å². The summed E-state index contributed by atoms with van der Waals surface area (Å²) in [4.78, 5) is 22.1. The third-order valence-corrected chi connectivity index (χ3v) is 2.51. The zero-order valence-corrected chi connectivity index (χ0v) is 10.1. The summed E-state index contributed by atoms with van der Waals surface area (Å²) in [5, 5.41) is 2.81. The van der Waals surface area contributed by atoms with Gasteiger partial charge in [-0.3, -0.25) is 9.59 Å². The molecule has 88 valence electrons. The van der Waals surface area contributed by atoms with E-state index in [1.165, 1.54) is 7.11 Å². The highest BCUT2D eigenvalue weighted by molar-refractivity contribution is 5.81. The molecule has 0 atom stereocenters. The maximum Gasteiger partial charge on any atom is 0.306 e. The molecule has 0 aromatic rings. The first-order valence-corrected chi connectivity index (χ1v) is 5.25. The van der Waals surface area contributed by atoms with Gasteiger partial charge < -0.3 is 10.1 Å². The molecule has 0 fully saturated rings. The number of hydrogen-bond donors (Lipinski definition) is 1. The smallest absolute Gasteiger partial charge is 0.306 e. The van der Waals surface area contributed by atoms with Crippen molar-refractivity contribution in [3.8, 4) is 0 Å². The minimum absolute atomic E-state index is 0.0954. The average molecular weight is 215 g/mol. The van der Waals surface area contributed by atoms with Crippen molar-refractivity contribution in [2.75, 3.05) is 13.7 Å². The van der Waals surface area contributed by atoms with Gasteiger partial charge in [0.1, 0.15) is 0 Å². The molecular weight excluding hydrogens is 194 g/mol. The first-order chi connectivity index (χ1) is 6.91. The van der Waals surface area contributed by atoms with Crippen LogP contribution in [0, 0.1) is 5.41 Å². The highest BCUT2D eigenvalue weighted by Gasteiger charge is 2.16. The average Bonchev–Trinajstić information content (AvgIpc) is 2.23. The van der Waals surface area contributed by atoms with Crippen LogP contribution >= 0.6 is 0 Å². The van der Waals surface area contributed by atoms with Gasteiger partial charge in [-0.2, -0.15) is 0 Å². The summed E-state index contributed by atoms with van der Waals surface area (Å²) in [5.74, 6) is -0.443. The topological polar surface area (TPSA) is 55.4 Å². The van der Waals surface area contributed by atoms with Crippen LogP contribution in [0.5, 0.6) is 0 Å². The van der Waals surface area contributed by atoms with Crippen molar-refractivity contribution in [3.05, 3.63) is 0 Å². The van der Waals surface area contributed by atoms with Crippen LogP contribution in [-0.2, 0) is 14.3 Å². The van der Waals surface area contributed by atoms with Gasteiger partial charge in [0.25, 0.3) is 0 Å². The highest BCUT2D eigenvalue weighted by atomic mass is 16.5. The molecule has 4 nitrogen and oxygen atoms in total. The lowest BCUT2D eigenvalue weighted by Crippen LogP contribution is -2.33. The Kier molecular flexibility index (Phi) is 5.97. The number of carbonyl (C=O) groups is 2. The number of nitrogens with one attached hydrogen (secondary N) is 1. The zero-order valence-electron chi connectivity index (χ0n) is 10.1. The Morgan fingerprint density at radius 3 is 2.33 bits per heavy atom. The predicted octanol–water partition coefficient (Wildman–Crippen LogP) is 1.49. The van der Waals surface area contributed by atoms with Gasteiger partial charge in [0.05, 0.1) is 13.5 Å². The number of carbonyl (C=O) groups excluding carboxylic acids is 2. The van der Waals surface area contributed by atoms with E-state index in [4.69, 9.17) is 0 Å². The van der Waals surface area contributed by atoms with E-state index in [2.05, 4.69) is 30.8 Å². The van der Waals surface area contributed by atoms with Crippen LogP contribution < -0.4 is 5.32 Å². The molecule has 1 N–H and O–H groups in total. The SMILES string of the molecule is CCC(C)(C)CNC(=O)CCC(=O)OC. The van der Waals surface area contributed by atoms with E-state index < -0.39 is 0 Å². The van der Waals surface area contributed by atoms with Crippen molar-refractivity contribution < 1.29 is 14.3 Å². The monoisotopic (exact) mass is 215 g/mol. The van der Waals surface area contributed by atoms with Crippen molar-refractivity contribution in [3.63, 3.8) is 0 Å². The highest BCUT2D eigenvalue weighted by Crippen LogP contribution is 2.17. The molecule has 0 radical (unpaired) electrons. The molecule has 0 saturated carbocycles. The molecule has 0 spiro atoms. The molecule has 4 heteroatoms. The van der Waals surface area contributed by atoms with Gasteiger partial charge in [0.2, 0.25) is 5.91 Å². The number of methoxy groups -OCH3 is 1. The predicted molar refractivity (Wildman–Crippen MR) is 58.3 cm³/mol. The molecule has 0 aliphatic carbocycles. The largest absolute Gasteiger partial charge is 0.469 e. The van der Waals surface area contributed by atoms with Gasteiger partial charge >= 0.3 is 5.97 Å². The van der Waals surface area contributed by atoms with Crippen LogP contribution in [0.1, 0.15) is 40.0 Å². The van der Waals surface area contributed by atoms with Crippen molar-refractivity contribution in [2.45, 2.75) is 40.0 Å². The Hall–Kier alpha value is -1.06. The van der Waals surface area contributed by atoms with Crippen molar-refractivity contribution in [2.24, 2.45) is 5.41 Å². The van der Waals surface area contributed by atoms with Crippen molar-refractivity contribution in [1.29, 1.82) is 0 Å². The molecule has 0 rings (SSSR count). The summed E-state index contributed by atoms with van der Waals surface area (Å²) >= 11 is 0. The number of hydrogen-bond acceptors (Lipinski definition) is 3. The summed E-state index contributed by atoms with van der Waals surface area (Å²) in [6.07, 6.45) is 1.35. The quantitative estimate of drug-likeness (QED) is 0.683. The van der Waals surface area contributed by atoms with Crippen LogP contribution in [0.15, 0.2) is 0 Å². The van der Waals surface area contributed by atoms with Gasteiger partial charge in [-0.15, -0.1) is 0 Å². The van der Waals surface area contributed by atoms with Gasteiger partial charge in [-0.1, -0.05) is 20.8 Å². The van der Waals surface area contributed by atoms with Crippen LogP contribution in [0.3, 0.4) is 0 Å². The van der Waals surface area contributed by atoms with Crippen LogP contribution in [0.4, 0.5) is 0 Å². The maximum absolute atomic E-state index is 11.3. The van der Waals surface area contributed by atoms with E-state index in [-0.39, 0.29) is 30.1 Å². The fourth-order valence-corrected chi connectivity index (χ4v) is 0.869. The standard InChI is InChI=1S/C11H21NO3/c1-5-11(2,3)8-12-9(13)6-7-10(14)15-4/h5-8H2,1-4H3,(H,12,13). The molecule has 15 heavy (non-hydrogen) atoms. The molecule has 0 heterocycles. The van der Waals surface area contributed by atoms with Crippen LogP contribution in [0.25, 0.3) is 0 Å². The lowest BCUT2D eigenvalue weighted by Gasteiger charge is -2.22. The number of rotatable bonds is 6. The molecule has 0 aliphatic rings. The fourth-order valence-electron chi connectivity index (χ4n) is 0.869. The maximum atomic E-state index is 11.3. The molecule has 0 unspecified atom stereocenters. The molecule has 0 aromatic heterocycles. The normalized spacial score (nSPS) is 10.9. The second-order valence-electron chi connectivity index (χ2n) is 4.37. The zero-order chi connectivity index (χ0) is 11.9. The van der Waals surface area contributed by atoms with E-state index in [0.717, 1.165) is 6.42 Å². The van der Waals surface area contributed by atoms with Crippen LogP contribution in [-0.4, -0.2) is 25.5 Å². The summed E-state index contributed by atoms with van der Waals surface area (Å²) in [6, 6.07) is 0. The van der Waals surface area contributed by atoms with Gasteiger partial charge in [-0.25, -0.2) is 0 Å². The Labute approximate surface area is 91.4 Å². The van der Waals surface area contributed by atoms with Crippen molar-refractivity contribution in [1.82, 2.24) is 5.32 Å². The Morgan fingerprint density at radius 2 is 1.87 bits per heavy atom. The summed E-state index contributed by atoms with van der Waals surface area (Å²) < 4.78 is 4.45. The lowest BCUT2D eigenvalue weighted by atomic mass is 9.90. The van der Waals surface area contributed by atoms with E-state index in [9.17, 15) is 9.59 Å². The third-order valence-electron chi connectivity index (χ3n) is 2.51. The second-order valence-corrected chi connectivity index (χ2v) is 4.37. The summed E-state index contributed by atoms with van der Waals surface area (Å²) in [5.41, 5.74) is 0.112. The fraction of sp³-hybridized carbons (Fsp3) is 0.818. The van der Waals surface area contributed by atoms with E-state index in [0.29, 0.717) is 6.54 Å². The second kappa shape index (κ2) is 6.43. The Bertz CT molecular complexity index is 224. The first-order valence-electron chi connectivity index (χ1n) is 5.25. The van der Waals surface area contributed by atoms with E-state index in [1.54, 1.807) is 0 Å². The summed E-state index contributed by atoms with van der Waals surface area (Å²) in [7, 11) is 1.32. The van der Waals surface area contributed by atoms with Crippen LogP contribution in [0.2, 0.25) is 0 Å². The van der Waals surface area contributed by atoms with Gasteiger partial charge in [0.15, 0.2) is 0 Å². The molecule has 0 bridgehead atoms. The number of esters is 1. The molecule has 0 saturated heterocycles. The first kappa shape index (κ1) is 13.9. The van der Waals surface area contributed by atoms with Gasteiger partial charge in [-0.05, 0) is 11.8 Å². The molecule has 0 aliphatic heterocycles. The molecule has 0 aromatic carbocycles. The molecule has 1 amide bonds. The molecular formula is C11H21NO3. The summed E-state index contributed by atoms with van der Waals surface area (Å²) in [6.45, 7) is 6.91.